The summed E-state index contributed by atoms with van der Waals surface area (Å²) in [5, 5.41) is 0. The van der Waals surface area contributed by atoms with Crippen LogP contribution in [0.1, 0.15) is 25.0 Å². The number of likely N-dealkylation sites (tertiary alicyclic amines) is 1. The number of hydrogen-bond donors (Lipinski definition) is 0. The number of ether oxygens (including phenoxy) is 2. The van der Waals surface area contributed by atoms with Gasteiger partial charge < -0.3 is 9.47 Å². The molecule has 4 heteroatoms. The molecule has 0 saturated carbocycles. The van der Waals surface area contributed by atoms with Gasteiger partial charge in [-0.05, 0) is 25.0 Å². The Morgan fingerprint density at radius 1 is 1.42 bits per heavy atom. The van der Waals surface area contributed by atoms with Gasteiger partial charge in [-0.15, -0.1) is 0 Å². The van der Waals surface area contributed by atoms with Gasteiger partial charge in [-0.1, -0.05) is 6.07 Å². The zero-order valence-electron chi connectivity index (χ0n) is 11.5. The lowest BCUT2D eigenvalue weighted by molar-refractivity contribution is -0.0461. The zero-order valence-corrected chi connectivity index (χ0v) is 11.5. The molecule has 0 unspecified atom stereocenters. The van der Waals surface area contributed by atoms with E-state index in [1.807, 2.05) is 12.3 Å². The van der Waals surface area contributed by atoms with E-state index >= 15 is 0 Å². The maximum Gasteiger partial charge on any atom is 0.0832 e. The predicted octanol–water partition coefficient (Wildman–Crippen LogP) is 1.85. The van der Waals surface area contributed by atoms with E-state index in [1.165, 1.54) is 0 Å². The molecule has 2 saturated heterocycles. The second kappa shape index (κ2) is 5.57. The maximum atomic E-state index is 6.02. The summed E-state index contributed by atoms with van der Waals surface area (Å²) in [5.74, 6) is 0. The minimum absolute atomic E-state index is 0.0846. The van der Waals surface area contributed by atoms with Crippen molar-refractivity contribution in [3.05, 3.63) is 30.1 Å². The number of methoxy groups -OCH3 is 1. The molecule has 1 aromatic rings. The molecule has 0 N–H and O–H groups in total. The molecule has 1 atom stereocenters. The fourth-order valence-corrected chi connectivity index (χ4v) is 3.14. The Morgan fingerprint density at radius 2 is 2.26 bits per heavy atom. The van der Waals surface area contributed by atoms with Crippen LogP contribution in [-0.4, -0.2) is 48.4 Å². The van der Waals surface area contributed by atoms with Crippen LogP contribution in [0.5, 0.6) is 0 Å². The minimum Gasteiger partial charge on any atom is -0.379 e. The molecule has 0 bridgehead atoms. The SMILES string of the molecule is CO[C@@H]1COC2(CCN(Cc3ccccn3)CC2)C1. The van der Waals surface area contributed by atoms with Crippen molar-refractivity contribution in [2.24, 2.45) is 0 Å². The van der Waals surface area contributed by atoms with Gasteiger partial charge in [-0.3, -0.25) is 9.88 Å². The van der Waals surface area contributed by atoms with Crippen molar-refractivity contribution < 1.29 is 9.47 Å². The van der Waals surface area contributed by atoms with Crippen LogP contribution in [0.4, 0.5) is 0 Å². The van der Waals surface area contributed by atoms with E-state index in [2.05, 4.69) is 22.0 Å². The van der Waals surface area contributed by atoms with Crippen LogP contribution in [0.15, 0.2) is 24.4 Å². The Labute approximate surface area is 114 Å². The molecule has 0 amide bonds. The highest BCUT2D eigenvalue weighted by Crippen LogP contribution is 2.36. The van der Waals surface area contributed by atoms with Gasteiger partial charge in [-0.2, -0.15) is 0 Å². The third-order valence-corrected chi connectivity index (χ3v) is 4.39. The largest absolute Gasteiger partial charge is 0.379 e. The number of pyridine rings is 1. The average Bonchev–Trinajstić information content (AvgIpc) is 2.86. The van der Waals surface area contributed by atoms with Gasteiger partial charge in [0, 0.05) is 39.4 Å². The van der Waals surface area contributed by atoms with Crippen molar-refractivity contribution in [2.75, 3.05) is 26.8 Å². The lowest BCUT2D eigenvalue weighted by atomic mass is 9.88. The monoisotopic (exact) mass is 262 g/mol. The maximum absolute atomic E-state index is 6.02. The third kappa shape index (κ3) is 2.96. The van der Waals surface area contributed by atoms with Gasteiger partial charge in [0.15, 0.2) is 0 Å². The second-order valence-corrected chi connectivity index (χ2v) is 5.65. The van der Waals surface area contributed by atoms with Gasteiger partial charge in [-0.25, -0.2) is 0 Å². The van der Waals surface area contributed by atoms with Gasteiger partial charge >= 0.3 is 0 Å². The molecule has 3 heterocycles. The molecule has 0 radical (unpaired) electrons. The van der Waals surface area contributed by atoms with E-state index in [0.29, 0.717) is 6.10 Å². The van der Waals surface area contributed by atoms with E-state index in [0.717, 1.165) is 51.2 Å². The van der Waals surface area contributed by atoms with Crippen molar-refractivity contribution in [1.82, 2.24) is 9.88 Å². The van der Waals surface area contributed by atoms with Gasteiger partial charge in [0.2, 0.25) is 0 Å². The first kappa shape index (κ1) is 13.0. The zero-order chi connectivity index (χ0) is 13.1. The average molecular weight is 262 g/mol. The quantitative estimate of drug-likeness (QED) is 0.832. The summed E-state index contributed by atoms with van der Waals surface area (Å²) in [5.41, 5.74) is 1.24. The topological polar surface area (TPSA) is 34.6 Å². The number of piperidine rings is 1. The highest BCUT2D eigenvalue weighted by Gasteiger charge is 2.42. The summed E-state index contributed by atoms with van der Waals surface area (Å²) in [6.07, 6.45) is 5.44. The number of rotatable bonds is 3. The normalized spacial score (nSPS) is 26.9. The van der Waals surface area contributed by atoms with E-state index in [9.17, 15) is 0 Å². The first-order chi connectivity index (χ1) is 9.30. The van der Waals surface area contributed by atoms with Crippen LogP contribution >= 0.6 is 0 Å². The van der Waals surface area contributed by atoms with Crippen LogP contribution in [0, 0.1) is 0 Å². The molecule has 1 aromatic heterocycles. The molecular formula is C15H22N2O2. The second-order valence-electron chi connectivity index (χ2n) is 5.65. The smallest absolute Gasteiger partial charge is 0.0832 e. The number of aromatic nitrogens is 1. The summed E-state index contributed by atoms with van der Waals surface area (Å²) in [6.45, 7) is 3.89. The van der Waals surface area contributed by atoms with E-state index in [1.54, 1.807) is 7.11 Å². The summed E-state index contributed by atoms with van der Waals surface area (Å²) >= 11 is 0. The van der Waals surface area contributed by atoms with Crippen molar-refractivity contribution in [3.8, 4) is 0 Å². The summed E-state index contributed by atoms with van der Waals surface area (Å²) in [4.78, 5) is 6.86. The van der Waals surface area contributed by atoms with Crippen LogP contribution in [0.25, 0.3) is 0 Å². The summed E-state index contributed by atoms with van der Waals surface area (Å²) < 4.78 is 11.4. The molecular weight excluding hydrogens is 240 g/mol. The minimum atomic E-state index is 0.0846. The molecule has 4 nitrogen and oxygen atoms in total. The van der Waals surface area contributed by atoms with Crippen LogP contribution in [0.3, 0.4) is 0 Å². The molecule has 3 rings (SSSR count). The Bertz CT molecular complexity index is 402. The van der Waals surface area contributed by atoms with Crippen LogP contribution in [-0.2, 0) is 16.0 Å². The molecule has 19 heavy (non-hydrogen) atoms. The van der Waals surface area contributed by atoms with E-state index in [-0.39, 0.29) is 5.60 Å². The third-order valence-electron chi connectivity index (χ3n) is 4.39. The lowest BCUT2D eigenvalue weighted by Crippen LogP contribution is -2.44. The highest BCUT2D eigenvalue weighted by molar-refractivity contribution is 5.04. The first-order valence-electron chi connectivity index (χ1n) is 7.09. The molecule has 0 aliphatic carbocycles. The Balaban J connectivity index is 1.53. The Hall–Kier alpha value is -0.970. The van der Waals surface area contributed by atoms with Crippen molar-refractivity contribution in [3.63, 3.8) is 0 Å². The van der Waals surface area contributed by atoms with Crippen LogP contribution in [0.2, 0.25) is 0 Å². The fourth-order valence-electron chi connectivity index (χ4n) is 3.14. The summed E-state index contributed by atoms with van der Waals surface area (Å²) in [6, 6.07) is 6.11. The predicted molar refractivity (Wildman–Crippen MR) is 72.8 cm³/mol. The van der Waals surface area contributed by atoms with Gasteiger partial charge in [0.1, 0.15) is 0 Å². The van der Waals surface area contributed by atoms with E-state index < -0.39 is 0 Å². The Kier molecular flexibility index (Phi) is 3.82. The molecule has 0 aromatic carbocycles. The first-order valence-corrected chi connectivity index (χ1v) is 7.09. The molecule has 2 fully saturated rings. The van der Waals surface area contributed by atoms with E-state index in [4.69, 9.17) is 9.47 Å². The van der Waals surface area contributed by atoms with Crippen LogP contribution < -0.4 is 0 Å². The van der Waals surface area contributed by atoms with Crippen molar-refractivity contribution in [2.45, 2.75) is 37.5 Å². The highest BCUT2D eigenvalue weighted by atomic mass is 16.6. The Morgan fingerprint density at radius 3 is 2.89 bits per heavy atom. The molecule has 104 valence electrons. The number of nitrogens with zero attached hydrogens (tertiary/aromatic N) is 2. The standard InChI is InChI=1S/C15H22N2O2/c1-18-14-10-15(19-12-14)5-8-17(9-6-15)11-13-4-2-3-7-16-13/h2-4,7,14H,5-6,8-12H2,1H3/t14-/m0/s1. The number of hydrogen-bond acceptors (Lipinski definition) is 4. The molecule has 2 aliphatic rings. The lowest BCUT2D eigenvalue weighted by Gasteiger charge is -2.38. The van der Waals surface area contributed by atoms with Gasteiger partial charge in [0.05, 0.1) is 24.0 Å². The molecule has 2 aliphatic heterocycles. The van der Waals surface area contributed by atoms with Crippen molar-refractivity contribution in [1.29, 1.82) is 0 Å². The van der Waals surface area contributed by atoms with Crippen molar-refractivity contribution >= 4 is 0 Å². The summed E-state index contributed by atoms with van der Waals surface area (Å²) in [7, 11) is 1.78. The van der Waals surface area contributed by atoms with Gasteiger partial charge in [0.25, 0.3) is 0 Å². The molecule has 1 spiro atoms. The fraction of sp³-hybridized carbons (Fsp3) is 0.667.